The van der Waals surface area contributed by atoms with E-state index in [2.05, 4.69) is 28.5 Å². The number of benzene rings is 2. The van der Waals surface area contributed by atoms with Crippen LogP contribution in [-0.4, -0.2) is 16.9 Å². The maximum atomic E-state index is 12.3. The standard InChI is InChI=1S/C19H18N2O/c1-12-6-8-13(9-7-12)19(22)20-14-10-16-15-4-2-3-5-17(15)21-18(16)11-14/h2-9,14,21H,10-11H2,1H3,(H,20,22). The second kappa shape index (κ2) is 5.02. The second-order valence-corrected chi connectivity index (χ2v) is 6.07. The summed E-state index contributed by atoms with van der Waals surface area (Å²) in [5, 5.41) is 4.44. The van der Waals surface area contributed by atoms with Gasteiger partial charge in [-0.2, -0.15) is 0 Å². The minimum absolute atomic E-state index is 0.0134. The van der Waals surface area contributed by atoms with Crippen LogP contribution in [0.3, 0.4) is 0 Å². The monoisotopic (exact) mass is 290 g/mol. The molecule has 0 radical (unpaired) electrons. The number of para-hydroxylation sites is 1. The van der Waals surface area contributed by atoms with Crippen LogP contribution in [0.4, 0.5) is 0 Å². The Kier molecular flexibility index (Phi) is 3.00. The van der Waals surface area contributed by atoms with Crippen molar-refractivity contribution in [3.8, 4) is 0 Å². The Morgan fingerprint density at radius 1 is 1.09 bits per heavy atom. The molecule has 1 aromatic heterocycles. The van der Waals surface area contributed by atoms with Gasteiger partial charge in [0.2, 0.25) is 0 Å². The maximum absolute atomic E-state index is 12.3. The third kappa shape index (κ3) is 2.19. The van der Waals surface area contributed by atoms with Gasteiger partial charge in [-0.05, 0) is 37.1 Å². The zero-order chi connectivity index (χ0) is 15.1. The molecule has 4 rings (SSSR count). The molecule has 1 aliphatic carbocycles. The average molecular weight is 290 g/mol. The average Bonchev–Trinajstić information content (AvgIpc) is 3.05. The molecule has 1 aliphatic rings. The van der Waals surface area contributed by atoms with Crippen LogP contribution in [-0.2, 0) is 12.8 Å². The van der Waals surface area contributed by atoms with E-state index in [0.717, 1.165) is 18.4 Å². The third-order valence-corrected chi connectivity index (χ3v) is 4.45. The van der Waals surface area contributed by atoms with E-state index >= 15 is 0 Å². The molecular formula is C19H18N2O. The molecule has 0 aliphatic heterocycles. The van der Waals surface area contributed by atoms with Crippen molar-refractivity contribution in [1.29, 1.82) is 0 Å². The van der Waals surface area contributed by atoms with Crippen LogP contribution in [0.1, 0.15) is 27.2 Å². The molecule has 1 atom stereocenters. The largest absolute Gasteiger partial charge is 0.358 e. The molecule has 22 heavy (non-hydrogen) atoms. The Hall–Kier alpha value is -2.55. The Labute approximate surface area is 129 Å². The minimum Gasteiger partial charge on any atom is -0.358 e. The van der Waals surface area contributed by atoms with Gasteiger partial charge in [-0.1, -0.05) is 35.9 Å². The molecule has 0 spiro atoms. The number of hydrogen-bond acceptors (Lipinski definition) is 1. The highest BCUT2D eigenvalue weighted by Crippen LogP contribution is 2.30. The third-order valence-electron chi connectivity index (χ3n) is 4.45. The number of carbonyl (C=O) groups excluding carboxylic acids is 1. The van der Waals surface area contributed by atoms with Gasteiger partial charge < -0.3 is 10.3 Å². The summed E-state index contributed by atoms with van der Waals surface area (Å²) in [6.45, 7) is 2.02. The van der Waals surface area contributed by atoms with Crippen LogP contribution in [0.25, 0.3) is 10.9 Å². The molecule has 0 bridgehead atoms. The number of carbonyl (C=O) groups is 1. The summed E-state index contributed by atoms with van der Waals surface area (Å²) >= 11 is 0. The summed E-state index contributed by atoms with van der Waals surface area (Å²) in [7, 11) is 0. The van der Waals surface area contributed by atoms with E-state index in [4.69, 9.17) is 0 Å². The van der Waals surface area contributed by atoms with Gasteiger partial charge in [-0.3, -0.25) is 4.79 Å². The molecular weight excluding hydrogens is 272 g/mol. The lowest BCUT2D eigenvalue weighted by Crippen LogP contribution is -2.35. The first kappa shape index (κ1) is 13.1. The molecule has 1 amide bonds. The zero-order valence-corrected chi connectivity index (χ0v) is 12.5. The number of nitrogens with one attached hydrogen (secondary N) is 2. The Morgan fingerprint density at radius 3 is 2.68 bits per heavy atom. The quantitative estimate of drug-likeness (QED) is 0.746. The minimum atomic E-state index is 0.0134. The van der Waals surface area contributed by atoms with Crippen LogP contribution >= 0.6 is 0 Å². The molecule has 3 nitrogen and oxygen atoms in total. The molecule has 3 heteroatoms. The molecule has 110 valence electrons. The number of aryl methyl sites for hydroxylation is 1. The molecule has 1 heterocycles. The van der Waals surface area contributed by atoms with Crippen LogP contribution in [0.2, 0.25) is 0 Å². The van der Waals surface area contributed by atoms with Gasteiger partial charge in [0.25, 0.3) is 5.91 Å². The summed E-state index contributed by atoms with van der Waals surface area (Å²) in [5.41, 5.74) is 5.70. The van der Waals surface area contributed by atoms with Gasteiger partial charge >= 0.3 is 0 Å². The topological polar surface area (TPSA) is 44.9 Å². The van der Waals surface area contributed by atoms with E-state index in [1.54, 1.807) is 0 Å². The normalized spacial score (nSPS) is 16.7. The Morgan fingerprint density at radius 2 is 1.86 bits per heavy atom. The highest BCUT2D eigenvalue weighted by atomic mass is 16.1. The van der Waals surface area contributed by atoms with Crippen LogP contribution in [0.15, 0.2) is 48.5 Å². The van der Waals surface area contributed by atoms with Crippen molar-refractivity contribution in [1.82, 2.24) is 10.3 Å². The van der Waals surface area contributed by atoms with Crippen molar-refractivity contribution < 1.29 is 4.79 Å². The number of amides is 1. The number of rotatable bonds is 2. The van der Waals surface area contributed by atoms with Crippen molar-refractivity contribution in [3.63, 3.8) is 0 Å². The van der Waals surface area contributed by atoms with Gasteiger partial charge in [-0.15, -0.1) is 0 Å². The van der Waals surface area contributed by atoms with E-state index in [1.165, 1.54) is 27.7 Å². The summed E-state index contributed by atoms with van der Waals surface area (Å²) in [4.78, 5) is 15.8. The molecule has 2 aromatic carbocycles. The zero-order valence-electron chi connectivity index (χ0n) is 12.5. The van der Waals surface area contributed by atoms with Crippen molar-refractivity contribution in [2.24, 2.45) is 0 Å². The molecule has 2 N–H and O–H groups in total. The highest BCUT2D eigenvalue weighted by molar-refractivity contribution is 5.94. The summed E-state index contributed by atoms with van der Waals surface area (Å²) in [6.07, 6.45) is 1.78. The lowest BCUT2D eigenvalue weighted by atomic mass is 10.1. The lowest BCUT2D eigenvalue weighted by molar-refractivity contribution is 0.0938. The number of aromatic nitrogens is 1. The van der Waals surface area contributed by atoms with E-state index in [9.17, 15) is 4.79 Å². The smallest absolute Gasteiger partial charge is 0.251 e. The molecule has 0 saturated heterocycles. The Bertz CT molecular complexity index is 846. The van der Waals surface area contributed by atoms with Crippen molar-refractivity contribution in [2.75, 3.05) is 0 Å². The molecule has 0 fully saturated rings. The second-order valence-electron chi connectivity index (χ2n) is 6.07. The SMILES string of the molecule is Cc1ccc(C(=O)NC2Cc3[nH]c4ccccc4c3C2)cc1. The fourth-order valence-corrected chi connectivity index (χ4v) is 3.30. The van der Waals surface area contributed by atoms with Crippen LogP contribution in [0.5, 0.6) is 0 Å². The highest BCUT2D eigenvalue weighted by Gasteiger charge is 2.26. The Balaban J connectivity index is 1.51. The van der Waals surface area contributed by atoms with Crippen LogP contribution < -0.4 is 5.32 Å². The van der Waals surface area contributed by atoms with Crippen molar-refractivity contribution >= 4 is 16.8 Å². The first-order chi connectivity index (χ1) is 10.7. The summed E-state index contributed by atoms with van der Waals surface area (Å²) < 4.78 is 0. The van der Waals surface area contributed by atoms with Gasteiger partial charge in [0.1, 0.15) is 0 Å². The van der Waals surface area contributed by atoms with E-state index in [-0.39, 0.29) is 11.9 Å². The predicted molar refractivity (Wildman–Crippen MR) is 88.1 cm³/mol. The fraction of sp³-hybridized carbons (Fsp3) is 0.211. The van der Waals surface area contributed by atoms with E-state index < -0.39 is 0 Å². The first-order valence-corrected chi connectivity index (χ1v) is 7.67. The van der Waals surface area contributed by atoms with Gasteiger partial charge in [0.05, 0.1) is 0 Å². The van der Waals surface area contributed by atoms with Gasteiger partial charge in [0.15, 0.2) is 0 Å². The lowest BCUT2D eigenvalue weighted by Gasteiger charge is -2.12. The molecule has 3 aromatic rings. The van der Waals surface area contributed by atoms with E-state index in [0.29, 0.717) is 0 Å². The van der Waals surface area contributed by atoms with Crippen molar-refractivity contribution in [2.45, 2.75) is 25.8 Å². The van der Waals surface area contributed by atoms with E-state index in [1.807, 2.05) is 37.3 Å². The maximum Gasteiger partial charge on any atom is 0.251 e. The predicted octanol–water partition coefficient (Wildman–Crippen LogP) is 3.37. The number of H-pyrrole nitrogens is 1. The van der Waals surface area contributed by atoms with Crippen molar-refractivity contribution in [3.05, 3.63) is 70.9 Å². The van der Waals surface area contributed by atoms with Gasteiger partial charge in [0, 0.05) is 34.6 Å². The summed E-state index contributed by atoms with van der Waals surface area (Å²) in [5.74, 6) is 0.0134. The van der Waals surface area contributed by atoms with Crippen LogP contribution in [0, 0.1) is 6.92 Å². The molecule has 0 saturated carbocycles. The molecule has 1 unspecified atom stereocenters. The number of fused-ring (bicyclic) bond motifs is 3. The summed E-state index contributed by atoms with van der Waals surface area (Å²) in [6, 6.07) is 16.3. The number of aromatic amines is 1. The van der Waals surface area contributed by atoms with Gasteiger partial charge in [-0.25, -0.2) is 0 Å². The first-order valence-electron chi connectivity index (χ1n) is 7.67. The number of hydrogen-bond donors (Lipinski definition) is 2. The fourth-order valence-electron chi connectivity index (χ4n) is 3.30.